The Kier molecular flexibility index (Phi) is 3.06. The van der Waals surface area contributed by atoms with Crippen LogP contribution < -0.4 is 0 Å². The summed E-state index contributed by atoms with van der Waals surface area (Å²) in [4.78, 5) is 4.79. The number of hydrogen-bond donors (Lipinski definition) is 0. The van der Waals surface area contributed by atoms with Crippen LogP contribution in [0.2, 0.25) is 0 Å². The summed E-state index contributed by atoms with van der Waals surface area (Å²) in [6, 6.07) is 10.2. The maximum atomic E-state index is 4.61. The molecule has 0 radical (unpaired) electrons. The summed E-state index contributed by atoms with van der Waals surface area (Å²) in [5, 5.41) is 9.45. The highest BCUT2D eigenvalue weighted by atomic mass is 79.9. The van der Waals surface area contributed by atoms with E-state index in [1.54, 1.807) is 4.68 Å². The van der Waals surface area contributed by atoms with Crippen LogP contribution in [-0.4, -0.2) is 20.0 Å². The molecule has 19 heavy (non-hydrogen) atoms. The van der Waals surface area contributed by atoms with Gasteiger partial charge >= 0.3 is 0 Å². The molecule has 0 aliphatic carbocycles. The van der Waals surface area contributed by atoms with E-state index in [2.05, 4.69) is 43.4 Å². The van der Waals surface area contributed by atoms with Crippen molar-refractivity contribution in [2.24, 2.45) is 0 Å². The first-order valence-corrected chi connectivity index (χ1v) is 7.00. The molecule has 0 saturated heterocycles. The average molecular weight is 317 g/mol. The molecular weight excluding hydrogens is 304 g/mol. The van der Waals surface area contributed by atoms with Gasteiger partial charge in [-0.2, -0.15) is 0 Å². The van der Waals surface area contributed by atoms with Crippen molar-refractivity contribution in [3.63, 3.8) is 0 Å². The highest BCUT2D eigenvalue weighted by Crippen LogP contribution is 2.23. The normalized spacial score (nSPS) is 12.8. The van der Waals surface area contributed by atoms with Crippen LogP contribution in [0.5, 0.6) is 0 Å². The smallest absolute Gasteiger partial charge is 0.0965 e. The van der Waals surface area contributed by atoms with Gasteiger partial charge in [0.1, 0.15) is 0 Å². The highest BCUT2D eigenvalue weighted by Gasteiger charge is 2.10. The number of aryl methyl sites for hydroxylation is 1. The minimum absolute atomic E-state index is 0.186. The average Bonchev–Trinajstić information content (AvgIpc) is 2.87. The van der Waals surface area contributed by atoms with Gasteiger partial charge in [0.25, 0.3) is 0 Å². The maximum absolute atomic E-state index is 4.61. The Hall–Kier alpha value is -1.75. The predicted molar refractivity (Wildman–Crippen MR) is 78.7 cm³/mol. The molecule has 0 fully saturated rings. The number of rotatable bonds is 2. The summed E-state index contributed by atoms with van der Waals surface area (Å²) in [6.07, 6.45) is 1.93. The molecule has 0 spiro atoms. The third-order valence-corrected chi connectivity index (χ3v) is 3.47. The molecule has 2 heterocycles. The van der Waals surface area contributed by atoms with Crippen LogP contribution in [0.25, 0.3) is 16.6 Å². The Morgan fingerprint density at radius 1 is 1.21 bits per heavy atom. The Labute approximate surface area is 119 Å². The van der Waals surface area contributed by atoms with E-state index < -0.39 is 0 Å². The van der Waals surface area contributed by atoms with Crippen molar-refractivity contribution < 1.29 is 0 Å². The van der Waals surface area contributed by atoms with Crippen LogP contribution in [0.3, 0.4) is 0 Å². The second-order valence-electron chi connectivity index (χ2n) is 4.51. The Balaban J connectivity index is 2.20. The molecule has 1 atom stereocenters. The Bertz CT molecular complexity index is 733. The molecule has 0 saturated carbocycles. The third kappa shape index (κ3) is 2.26. The first kappa shape index (κ1) is 12.3. The summed E-state index contributed by atoms with van der Waals surface area (Å²) in [5.41, 5.74) is 3.80. The standard InChI is InChI=1S/C14H13BrN4/c1-9-6-7-11-4-3-5-13(14(11)16-9)19-8-12(10(2)15)17-18-19/h3-8,10H,1-2H3. The summed E-state index contributed by atoms with van der Waals surface area (Å²) in [6.45, 7) is 4.02. The number of benzene rings is 1. The van der Waals surface area contributed by atoms with Crippen molar-refractivity contribution in [3.05, 3.63) is 47.9 Å². The van der Waals surface area contributed by atoms with Crippen molar-refractivity contribution in [1.29, 1.82) is 0 Å². The molecule has 2 aromatic heterocycles. The van der Waals surface area contributed by atoms with E-state index in [-0.39, 0.29) is 4.83 Å². The van der Waals surface area contributed by atoms with Gasteiger partial charge in [0.05, 0.1) is 27.9 Å². The van der Waals surface area contributed by atoms with Gasteiger partial charge in [0.15, 0.2) is 0 Å². The van der Waals surface area contributed by atoms with Gasteiger partial charge in [-0.05, 0) is 26.0 Å². The molecule has 0 amide bonds. The van der Waals surface area contributed by atoms with Crippen LogP contribution in [-0.2, 0) is 0 Å². The van der Waals surface area contributed by atoms with E-state index in [9.17, 15) is 0 Å². The van der Waals surface area contributed by atoms with E-state index in [1.807, 2.05) is 38.2 Å². The SMILES string of the molecule is Cc1ccc2cccc(-n3cc(C(C)Br)nn3)c2n1. The van der Waals surface area contributed by atoms with Gasteiger partial charge in [0.2, 0.25) is 0 Å². The molecular formula is C14H13BrN4. The van der Waals surface area contributed by atoms with E-state index in [4.69, 9.17) is 0 Å². The van der Waals surface area contributed by atoms with E-state index in [0.717, 1.165) is 28.0 Å². The monoisotopic (exact) mass is 316 g/mol. The van der Waals surface area contributed by atoms with Crippen molar-refractivity contribution in [2.45, 2.75) is 18.7 Å². The zero-order valence-corrected chi connectivity index (χ0v) is 12.3. The lowest BCUT2D eigenvalue weighted by atomic mass is 10.2. The van der Waals surface area contributed by atoms with Crippen LogP contribution >= 0.6 is 15.9 Å². The third-order valence-electron chi connectivity index (χ3n) is 3.00. The minimum Gasteiger partial charge on any atom is -0.251 e. The van der Waals surface area contributed by atoms with Gasteiger partial charge in [-0.15, -0.1) is 5.10 Å². The van der Waals surface area contributed by atoms with Gasteiger partial charge in [-0.25, -0.2) is 4.68 Å². The Morgan fingerprint density at radius 3 is 2.79 bits per heavy atom. The van der Waals surface area contributed by atoms with Crippen LogP contribution in [0, 0.1) is 6.92 Å². The van der Waals surface area contributed by atoms with E-state index >= 15 is 0 Å². The molecule has 1 aromatic carbocycles. The quantitative estimate of drug-likeness (QED) is 0.679. The first-order valence-electron chi connectivity index (χ1n) is 6.08. The topological polar surface area (TPSA) is 43.6 Å². The van der Waals surface area contributed by atoms with Crippen LogP contribution in [0.15, 0.2) is 36.5 Å². The molecule has 0 aliphatic rings. The molecule has 0 bridgehead atoms. The number of alkyl halides is 1. The summed E-state index contributed by atoms with van der Waals surface area (Å²) in [5.74, 6) is 0. The number of fused-ring (bicyclic) bond motifs is 1. The molecule has 0 aliphatic heterocycles. The zero-order valence-electron chi connectivity index (χ0n) is 10.7. The number of nitrogens with zero attached hydrogens (tertiary/aromatic N) is 4. The molecule has 5 heteroatoms. The molecule has 0 N–H and O–H groups in total. The second-order valence-corrected chi connectivity index (χ2v) is 5.88. The maximum Gasteiger partial charge on any atom is 0.0965 e. The molecule has 1 unspecified atom stereocenters. The lowest BCUT2D eigenvalue weighted by Gasteiger charge is -2.05. The van der Waals surface area contributed by atoms with Gasteiger partial charge in [-0.1, -0.05) is 39.3 Å². The lowest BCUT2D eigenvalue weighted by molar-refractivity contribution is 0.800. The second kappa shape index (κ2) is 4.74. The van der Waals surface area contributed by atoms with E-state index in [1.165, 1.54) is 0 Å². The minimum atomic E-state index is 0.186. The van der Waals surface area contributed by atoms with Gasteiger partial charge in [-0.3, -0.25) is 4.98 Å². The molecule has 3 rings (SSSR count). The molecule has 4 nitrogen and oxygen atoms in total. The summed E-state index contributed by atoms with van der Waals surface area (Å²) < 4.78 is 1.78. The zero-order chi connectivity index (χ0) is 13.4. The van der Waals surface area contributed by atoms with Crippen molar-refractivity contribution in [1.82, 2.24) is 20.0 Å². The fraction of sp³-hybridized carbons (Fsp3) is 0.214. The summed E-state index contributed by atoms with van der Waals surface area (Å²) in [7, 11) is 0. The van der Waals surface area contributed by atoms with Crippen molar-refractivity contribution >= 4 is 26.8 Å². The summed E-state index contributed by atoms with van der Waals surface area (Å²) >= 11 is 3.50. The predicted octanol–water partition coefficient (Wildman–Crippen LogP) is 3.58. The number of para-hydroxylation sites is 1. The number of pyridine rings is 1. The number of hydrogen-bond acceptors (Lipinski definition) is 3. The largest absolute Gasteiger partial charge is 0.251 e. The molecule has 96 valence electrons. The van der Waals surface area contributed by atoms with E-state index in [0.29, 0.717) is 0 Å². The fourth-order valence-corrected chi connectivity index (χ4v) is 2.20. The Morgan fingerprint density at radius 2 is 2.05 bits per heavy atom. The van der Waals surface area contributed by atoms with Crippen LogP contribution in [0.4, 0.5) is 0 Å². The van der Waals surface area contributed by atoms with Gasteiger partial charge in [0, 0.05) is 11.1 Å². The first-order chi connectivity index (χ1) is 9.15. The van der Waals surface area contributed by atoms with Crippen LogP contribution in [0.1, 0.15) is 23.1 Å². The van der Waals surface area contributed by atoms with Crippen molar-refractivity contribution in [3.8, 4) is 5.69 Å². The number of aromatic nitrogens is 4. The van der Waals surface area contributed by atoms with Gasteiger partial charge < -0.3 is 0 Å². The molecule has 3 aromatic rings. The lowest BCUT2D eigenvalue weighted by Crippen LogP contribution is -1.98. The highest BCUT2D eigenvalue weighted by molar-refractivity contribution is 9.09. The van der Waals surface area contributed by atoms with Crippen molar-refractivity contribution in [2.75, 3.05) is 0 Å². The number of halogens is 1. The fourth-order valence-electron chi connectivity index (χ4n) is 1.99.